The van der Waals surface area contributed by atoms with Gasteiger partial charge in [-0.25, -0.2) is 9.59 Å². The van der Waals surface area contributed by atoms with Crippen molar-refractivity contribution in [3.05, 3.63) is 96.1 Å². The van der Waals surface area contributed by atoms with E-state index in [4.69, 9.17) is 18.9 Å². The van der Waals surface area contributed by atoms with Crippen molar-refractivity contribution in [2.75, 3.05) is 13.2 Å². The Balaban J connectivity index is 1.60. The number of benzene rings is 6. The van der Waals surface area contributed by atoms with E-state index in [0.29, 0.717) is 24.7 Å². The van der Waals surface area contributed by atoms with Crippen LogP contribution in [0.15, 0.2) is 84.9 Å². The van der Waals surface area contributed by atoms with Crippen LogP contribution in [0.3, 0.4) is 0 Å². The minimum absolute atomic E-state index is 0.317. The highest BCUT2D eigenvalue weighted by Gasteiger charge is 2.24. The van der Waals surface area contributed by atoms with Crippen LogP contribution in [0.25, 0.3) is 54.2 Å². The Morgan fingerprint density at radius 3 is 1.25 bits per heavy atom. The second-order valence-electron chi connectivity index (χ2n) is 12.4. The fraction of sp³-hybridized carbons (Fsp3) is 0.286. The first-order valence-corrected chi connectivity index (χ1v) is 17.0. The van der Waals surface area contributed by atoms with E-state index in [0.717, 1.165) is 104 Å². The van der Waals surface area contributed by atoms with Crippen molar-refractivity contribution in [3.63, 3.8) is 0 Å². The Labute approximate surface area is 281 Å². The van der Waals surface area contributed by atoms with E-state index in [1.807, 2.05) is 50.2 Å². The average Bonchev–Trinajstić information content (AvgIpc) is 3.09. The standard InChI is InChI=1S/C42H42O6/c1-5-7-13-23-45-41(43)47-39-33-17-11-9-15-29(33)37(31-21-19-27(3)25-35(31)39)38-30-16-10-12-18-34(30)40(36-26-28(4)20-22-32(36)38)48-42(44)46-24-14-8-6-2/h9-12,15-22,25-26H,5-8,13-14,23-24H2,1-4H3. The zero-order valence-corrected chi connectivity index (χ0v) is 28.2. The van der Waals surface area contributed by atoms with E-state index in [1.54, 1.807) is 0 Å². The van der Waals surface area contributed by atoms with Gasteiger partial charge in [-0.1, -0.05) is 123 Å². The Hall–Kier alpha value is -5.10. The monoisotopic (exact) mass is 642 g/mol. The summed E-state index contributed by atoms with van der Waals surface area (Å²) in [6.45, 7) is 8.91. The van der Waals surface area contributed by atoms with Crippen LogP contribution >= 0.6 is 0 Å². The number of ether oxygens (including phenoxy) is 4. The number of fused-ring (bicyclic) bond motifs is 4. The van der Waals surface area contributed by atoms with Gasteiger partial charge in [0, 0.05) is 21.5 Å². The highest BCUT2D eigenvalue weighted by molar-refractivity contribution is 6.27. The number of hydrogen-bond donors (Lipinski definition) is 0. The van der Waals surface area contributed by atoms with E-state index in [-0.39, 0.29) is 0 Å². The molecule has 0 aliphatic rings. The van der Waals surface area contributed by atoms with Gasteiger partial charge in [0.2, 0.25) is 0 Å². The number of aryl methyl sites for hydroxylation is 2. The lowest BCUT2D eigenvalue weighted by Crippen LogP contribution is -2.12. The van der Waals surface area contributed by atoms with Gasteiger partial charge in [0.05, 0.1) is 13.2 Å². The van der Waals surface area contributed by atoms with Gasteiger partial charge in [0.25, 0.3) is 0 Å². The normalized spacial score (nSPS) is 11.3. The summed E-state index contributed by atoms with van der Waals surface area (Å²) in [5, 5.41) is 6.96. The second-order valence-corrected chi connectivity index (χ2v) is 12.4. The highest BCUT2D eigenvalue weighted by atomic mass is 16.7. The van der Waals surface area contributed by atoms with Crippen LogP contribution in [0.2, 0.25) is 0 Å². The predicted octanol–water partition coefficient (Wildman–Crippen LogP) is 12.0. The SMILES string of the molecule is CCCCCOC(=O)Oc1c2ccccc2c(-c2c3ccccc3c(OC(=O)OCCCCC)c3cc(C)ccc23)c2ccc(C)cc12. The highest BCUT2D eigenvalue weighted by Crippen LogP contribution is 2.50. The molecule has 0 bridgehead atoms. The maximum atomic E-state index is 13.0. The summed E-state index contributed by atoms with van der Waals surface area (Å²) < 4.78 is 23.0. The molecule has 6 heteroatoms. The van der Waals surface area contributed by atoms with Crippen LogP contribution in [-0.2, 0) is 9.47 Å². The van der Waals surface area contributed by atoms with Gasteiger partial charge in [-0.3, -0.25) is 0 Å². The first-order valence-electron chi connectivity index (χ1n) is 17.0. The fourth-order valence-corrected chi connectivity index (χ4v) is 6.51. The smallest absolute Gasteiger partial charge is 0.434 e. The zero-order valence-electron chi connectivity index (χ0n) is 28.2. The maximum absolute atomic E-state index is 13.0. The molecule has 0 atom stereocenters. The molecule has 0 saturated heterocycles. The van der Waals surface area contributed by atoms with Gasteiger partial charge < -0.3 is 18.9 Å². The van der Waals surface area contributed by atoms with Gasteiger partial charge in [0.1, 0.15) is 11.5 Å². The summed E-state index contributed by atoms with van der Waals surface area (Å²) in [6, 6.07) is 28.5. The Kier molecular flexibility index (Phi) is 10.1. The summed E-state index contributed by atoms with van der Waals surface area (Å²) in [4.78, 5) is 26.0. The number of hydrogen-bond acceptors (Lipinski definition) is 6. The van der Waals surface area contributed by atoms with Crippen LogP contribution in [0.1, 0.15) is 63.5 Å². The predicted molar refractivity (Wildman–Crippen MR) is 194 cm³/mol. The van der Waals surface area contributed by atoms with Gasteiger partial charge in [-0.15, -0.1) is 0 Å². The molecule has 6 nitrogen and oxygen atoms in total. The van der Waals surface area contributed by atoms with E-state index in [2.05, 4.69) is 62.4 Å². The van der Waals surface area contributed by atoms with Crippen LogP contribution < -0.4 is 9.47 Å². The largest absolute Gasteiger partial charge is 0.513 e. The number of carbonyl (C=O) groups excluding carboxylic acids is 2. The fourth-order valence-electron chi connectivity index (χ4n) is 6.51. The third kappa shape index (κ3) is 6.66. The minimum atomic E-state index is -0.707. The molecule has 246 valence electrons. The molecule has 0 spiro atoms. The lowest BCUT2D eigenvalue weighted by atomic mass is 9.85. The molecule has 48 heavy (non-hydrogen) atoms. The van der Waals surface area contributed by atoms with Gasteiger partial charge in [-0.05, 0) is 71.5 Å². The van der Waals surface area contributed by atoms with Crippen molar-refractivity contribution in [2.24, 2.45) is 0 Å². The molecule has 6 rings (SSSR count). The van der Waals surface area contributed by atoms with Crippen LogP contribution in [0.4, 0.5) is 9.59 Å². The third-order valence-corrected chi connectivity index (χ3v) is 8.82. The lowest BCUT2D eigenvalue weighted by Gasteiger charge is -2.21. The number of carbonyl (C=O) groups is 2. The van der Waals surface area contributed by atoms with Crippen molar-refractivity contribution in [3.8, 4) is 22.6 Å². The van der Waals surface area contributed by atoms with Gasteiger partial charge >= 0.3 is 12.3 Å². The molecule has 0 N–H and O–H groups in total. The molecule has 6 aromatic carbocycles. The van der Waals surface area contributed by atoms with Crippen molar-refractivity contribution < 1.29 is 28.5 Å². The summed E-state index contributed by atoms with van der Waals surface area (Å²) in [5.41, 5.74) is 4.08. The molecule has 0 aliphatic heterocycles. The second kappa shape index (κ2) is 14.8. The van der Waals surface area contributed by atoms with E-state index in [9.17, 15) is 9.59 Å². The van der Waals surface area contributed by atoms with Gasteiger partial charge in [-0.2, -0.15) is 0 Å². The molecule has 0 radical (unpaired) electrons. The summed E-state index contributed by atoms with van der Waals surface area (Å²) in [7, 11) is 0. The number of unbranched alkanes of at least 4 members (excludes halogenated alkanes) is 4. The summed E-state index contributed by atoms with van der Waals surface area (Å²) in [5.74, 6) is 0.951. The maximum Gasteiger partial charge on any atom is 0.513 e. The molecule has 0 fully saturated rings. The van der Waals surface area contributed by atoms with Crippen molar-refractivity contribution >= 4 is 55.4 Å². The zero-order chi connectivity index (χ0) is 33.6. The van der Waals surface area contributed by atoms with Crippen molar-refractivity contribution in [1.29, 1.82) is 0 Å². The molecule has 0 unspecified atom stereocenters. The molecule has 0 heterocycles. The Morgan fingerprint density at radius 2 is 0.854 bits per heavy atom. The quantitative estimate of drug-likeness (QED) is 0.0606. The third-order valence-electron chi connectivity index (χ3n) is 8.82. The minimum Gasteiger partial charge on any atom is -0.434 e. The van der Waals surface area contributed by atoms with Crippen LogP contribution in [0.5, 0.6) is 11.5 Å². The van der Waals surface area contributed by atoms with E-state index >= 15 is 0 Å². The lowest BCUT2D eigenvalue weighted by molar-refractivity contribution is 0.0973. The van der Waals surface area contributed by atoms with Gasteiger partial charge in [0.15, 0.2) is 0 Å². The molecule has 0 aliphatic carbocycles. The summed E-state index contributed by atoms with van der Waals surface area (Å²) >= 11 is 0. The first kappa shape index (κ1) is 32.8. The van der Waals surface area contributed by atoms with Crippen LogP contribution in [0, 0.1) is 13.8 Å². The van der Waals surface area contributed by atoms with Crippen molar-refractivity contribution in [2.45, 2.75) is 66.2 Å². The average molecular weight is 643 g/mol. The summed E-state index contributed by atoms with van der Waals surface area (Å²) in [6.07, 6.45) is 4.21. The van der Waals surface area contributed by atoms with Crippen LogP contribution in [-0.4, -0.2) is 25.5 Å². The first-order chi connectivity index (χ1) is 23.4. The Morgan fingerprint density at radius 1 is 0.479 bits per heavy atom. The van der Waals surface area contributed by atoms with E-state index in [1.165, 1.54) is 0 Å². The molecule has 0 saturated carbocycles. The molecule has 0 amide bonds. The topological polar surface area (TPSA) is 71.1 Å². The molecular weight excluding hydrogens is 600 g/mol. The molecule has 6 aromatic rings. The van der Waals surface area contributed by atoms with Crippen molar-refractivity contribution in [1.82, 2.24) is 0 Å². The number of rotatable bonds is 11. The van der Waals surface area contributed by atoms with E-state index < -0.39 is 12.3 Å². The molecular formula is C42H42O6. The molecule has 0 aromatic heterocycles. The Bertz CT molecular complexity index is 1980.